The van der Waals surface area contributed by atoms with Gasteiger partial charge in [-0.15, -0.1) is 0 Å². The van der Waals surface area contributed by atoms with Gasteiger partial charge in [-0.3, -0.25) is 9.59 Å². The first-order valence-corrected chi connectivity index (χ1v) is 7.85. The molecule has 0 aliphatic carbocycles. The van der Waals surface area contributed by atoms with E-state index in [9.17, 15) is 9.59 Å². The molecule has 0 atom stereocenters. The monoisotopic (exact) mass is 330 g/mol. The fourth-order valence-electron chi connectivity index (χ4n) is 2.14. The van der Waals surface area contributed by atoms with Gasteiger partial charge in [-0.25, -0.2) is 4.68 Å². The summed E-state index contributed by atoms with van der Waals surface area (Å²) < 4.78 is 7.02. The van der Waals surface area contributed by atoms with E-state index in [2.05, 4.69) is 15.7 Å². The number of aromatic nitrogens is 2. The number of rotatable bonds is 7. The second-order valence-electron chi connectivity index (χ2n) is 5.44. The van der Waals surface area contributed by atoms with Gasteiger partial charge in [-0.05, 0) is 45.0 Å². The van der Waals surface area contributed by atoms with E-state index in [1.54, 1.807) is 41.2 Å². The van der Waals surface area contributed by atoms with Crippen LogP contribution in [-0.2, 0) is 4.79 Å². The van der Waals surface area contributed by atoms with E-state index in [1.807, 2.05) is 20.8 Å². The highest BCUT2D eigenvalue weighted by molar-refractivity contribution is 5.99. The Bertz CT molecular complexity index is 692. The number of hydrogen-bond acceptors (Lipinski definition) is 4. The zero-order valence-electron chi connectivity index (χ0n) is 14.1. The van der Waals surface area contributed by atoms with Crippen molar-refractivity contribution in [3.63, 3.8) is 0 Å². The smallest absolute Gasteiger partial charge is 0.251 e. The summed E-state index contributed by atoms with van der Waals surface area (Å²) >= 11 is 0. The average Bonchev–Trinajstić information content (AvgIpc) is 3.02. The molecule has 1 aromatic heterocycles. The highest BCUT2D eigenvalue weighted by Gasteiger charge is 2.11. The molecule has 0 saturated carbocycles. The standard InChI is InChI=1S/C17H22N4O3/c1-4-24-14-7-5-13(6-8-14)17(23)18-11-16(22)20-15-9-10-19-21(15)12(2)3/h5-10,12H,4,11H2,1-3H3,(H,18,23)(H,20,22). The van der Waals surface area contributed by atoms with Crippen molar-refractivity contribution in [2.75, 3.05) is 18.5 Å². The Hall–Kier alpha value is -2.83. The van der Waals surface area contributed by atoms with Gasteiger partial charge in [0.1, 0.15) is 11.6 Å². The maximum absolute atomic E-state index is 12.0. The third-order valence-corrected chi connectivity index (χ3v) is 3.26. The Balaban J connectivity index is 1.86. The van der Waals surface area contributed by atoms with E-state index in [0.29, 0.717) is 23.7 Å². The van der Waals surface area contributed by atoms with Crippen LogP contribution in [0, 0.1) is 0 Å². The fourth-order valence-corrected chi connectivity index (χ4v) is 2.14. The lowest BCUT2D eigenvalue weighted by molar-refractivity contribution is -0.115. The van der Waals surface area contributed by atoms with Crippen molar-refractivity contribution in [2.45, 2.75) is 26.8 Å². The first-order valence-electron chi connectivity index (χ1n) is 7.85. The van der Waals surface area contributed by atoms with Crippen molar-refractivity contribution in [2.24, 2.45) is 0 Å². The molecule has 0 aliphatic rings. The Morgan fingerprint density at radius 1 is 1.21 bits per heavy atom. The van der Waals surface area contributed by atoms with Crippen LogP contribution in [0.25, 0.3) is 0 Å². The Kier molecular flexibility index (Phi) is 5.95. The highest BCUT2D eigenvalue weighted by atomic mass is 16.5. The van der Waals surface area contributed by atoms with Crippen molar-refractivity contribution in [3.8, 4) is 5.75 Å². The summed E-state index contributed by atoms with van der Waals surface area (Å²) in [6.45, 7) is 6.28. The molecule has 2 amide bonds. The molecular weight excluding hydrogens is 308 g/mol. The first kappa shape index (κ1) is 17.5. The van der Waals surface area contributed by atoms with E-state index < -0.39 is 0 Å². The lowest BCUT2D eigenvalue weighted by Crippen LogP contribution is -2.33. The summed E-state index contributed by atoms with van der Waals surface area (Å²) in [5.74, 6) is 0.682. The van der Waals surface area contributed by atoms with Gasteiger partial charge in [0.2, 0.25) is 5.91 Å². The van der Waals surface area contributed by atoms with Crippen LogP contribution in [0.5, 0.6) is 5.75 Å². The van der Waals surface area contributed by atoms with Crippen LogP contribution in [0.2, 0.25) is 0 Å². The number of benzene rings is 1. The van der Waals surface area contributed by atoms with E-state index >= 15 is 0 Å². The number of carbonyl (C=O) groups is 2. The van der Waals surface area contributed by atoms with Crippen LogP contribution in [0.4, 0.5) is 5.82 Å². The maximum Gasteiger partial charge on any atom is 0.251 e. The predicted octanol–water partition coefficient (Wildman–Crippen LogP) is 2.23. The van der Waals surface area contributed by atoms with Crippen molar-refractivity contribution in [1.29, 1.82) is 0 Å². The molecule has 0 bridgehead atoms. The zero-order valence-corrected chi connectivity index (χ0v) is 14.1. The van der Waals surface area contributed by atoms with Crippen molar-refractivity contribution in [3.05, 3.63) is 42.1 Å². The van der Waals surface area contributed by atoms with Crippen molar-refractivity contribution < 1.29 is 14.3 Å². The van der Waals surface area contributed by atoms with Gasteiger partial charge in [-0.2, -0.15) is 5.10 Å². The number of ether oxygens (including phenoxy) is 1. The summed E-state index contributed by atoms with van der Waals surface area (Å²) in [6, 6.07) is 8.61. The van der Waals surface area contributed by atoms with E-state index in [-0.39, 0.29) is 24.4 Å². The quantitative estimate of drug-likeness (QED) is 0.815. The molecule has 0 saturated heterocycles. The Morgan fingerprint density at radius 2 is 1.92 bits per heavy atom. The summed E-state index contributed by atoms with van der Waals surface area (Å²) in [5, 5.41) is 9.46. The van der Waals surface area contributed by atoms with Gasteiger partial charge in [0.05, 0.1) is 19.3 Å². The number of nitrogens with one attached hydrogen (secondary N) is 2. The van der Waals surface area contributed by atoms with Crippen molar-refractivity contribution >= 4 is 17.6 Å². The lowest BCUT2D eigenvalue weighted by Gasteiger charge is -2.12. The van der Waals surface area contributed by atoms with E-state index in [1.165, 1.54) is 0 Å². The molecule has 0 spiro atoms. The summed E-state index contributed by atoms with van der Waals surface area (Å²) in [5.41, 5.74) is 0.471. The molecule has 2 aromatic rings. The molecule has 7 heteroatoms. The number of anilines is 1. The van der Waals surface area contributed by atoms with Gasteiger partial charge in [0.15, 0.2) is 0 Å². The van der Waals surface area contributed by atoms with Crippen LogP contribution in [-0.4, -0.2) is 34.7 Å². The lowest BCUT2D eigenvalue weighted by atomic mass is 10.2. The zero-order chi connectivity index (χ0) is 17.5. The molecule has 1 heterocycles. The number of amides is 2. The second-order valence-corrected chi connectivity index (χ2v) is 5.44. The molecule has 128 valence electrons. The number of nitrogens with zero attached hydrogens (tertiary/aromatic N) is 2. The third-order valence-electron chi connectivity index (χ3n) is 3.26. The maximum atomic E-state index is 12.0. The van der Waals surface area contributed by atoms with Gasteiger partial charge in [0.25, 0.3) is 5.91 Å². The summed E-state index contributed by atoms with van der Waals surface area (Å²) in [4.78, 5) is 24.0. The Labute approximate surface area is 141 Å². The van der Waals surface area contributed by atoms with Crippen LogP contribution < -0.4 is 15.4 Å². The largest absolute Gasteiger partial charge is 0.494 e. The Morgan fingerprint density at radius 3 is 2.54 bits per heavy atom. The van der Waals surface area contributed by atoms with Crippen LogP contribution >= 0.6 is 0 Å². The number of carbonyl (C=O) groups excluding carboxylic acids is 2. The van der Waals surface area contributed by atoms with Gasteiger partial charge in [0, 0.05) is 17.7 Å². The third kappa shape index (κ3) is 4.58. The number of hydrogen-bond donors (Lipinski definition) is 2. The summed E-state index contributed by atoms with van der Waals surface area (Å²) in [7, 11) is 0. The fraction of sp³-hybridized carbons (Fsp3) is 0.353. The van der Waals surface area contributed by atoms with Crippen LogP contribution in [0.3, 0.4) is 0 Å². The minimum absolute atomic E-state index is 0.116. The molecule has 0 unspecified atom stereocenters. The van der Waals surface area contributed by atoms with E-state index in [4.69, 9.17) is 4.74 Å². The topological polar surface area (TPSA) is 85.2 Å². The predicted molar refractivity (Wildman–Crippen MR) is 91.2 cm³/mol. The van der Waals surface area contributed by atoms with Gasteiger partial charge in [-0.1, -0.05) is 0 Å². The molecule has 0 radical (unpaired) electrons. The molecule has 7 nitrogen and oxygen atoms in total. The average molecular weight is 330 g/mol. The van der Waals surface area contributed by atoms with Crippen LogP contribution in [0.1, 0.15) is 37.2 Å². The minimum atomic E-state index is -0.314. The molecule has 0 fully saturated rings. The molecule has 2 rings (SSSR count). The van der Waals surface area contributed by atoms with Crippen molar-refractivity contribution in [1.82, 2.24) is 15.1 Å². The summed E-state index contributed by atoms with van der Waals surface area (Å²) in [6.07, 6.45) is 1.62. The second kappa shape index (κ2) is 8.14. The van der Waals surface area contributed by atoms with Gasteiger partial charge >= 0.3 is 0 Å². The normalized spacial score (nSPS) is 10.5. The molecular formula is C17H22N4O3. The SMILES string of the molecule is CCOc1ccc(C(=O)NCC(=O)Nc2ccnn2C(C)C)cc1. The molecule has 1 aromatic carbocycles. The van der Waals surface area contributed by atoms with Gasteiger partial charge < -0.3 is 15.4 Å². The highest BCUT2D eigenvalue weighted by Crippen LogP contribution is 2.13. The molecule has 2 N–H and O–H groups in total. The van der Waals surface area contributed by atoms with Crippen LogP contribution in [0.15, 0.2) is 36.5 Å². The molecule has 24 heavy (non-hydrogen) atoms. The minimum Gasteiger partial charge on any atom is -0.494 e. The molecule has 0 aliphatic heterocycles. The first-order chi connectivity index (χ1) is 11.5. The van der Waals surface area contributed by atoms with E-state index in [0.717, 1.165) is 0 Å².